The molecule has 120 valence electrons. The van der Waals surface area contributed by atoms with E-state index in [1.54, 1.807) is 0 Å². The van der Waals surface area contributed by atoms with E-state index < -0.39 is 17.6 Å². The quantitative estimate of drug-likeness (QED) is 0.938. The zero-order valence-electron chi connectivity index (χ0n) is 12.1. The van der Waals surface area contributed by atoms with Gasteiger partial charge in [-0.2, -0.15) is 13.2 Å². The van der Waals surface area contributed by atoms with Crippen molar-refractivity contribution >= 4 is 5.91 Å². The van der Waals surface area contributed by atoms with Crippen molar-refractivity contribution < 1.29 is 22.7 Å². The zero-order chi connectivity index (χ0) is 16.4. The molecule has 1 amide bonds. The maximum Gasteiger partial charge on any atom is 0.416 e. The number of benzene rings is 2. The third kappa shape index (κ3) is 3.31. The Hall–Kier alpha value is -2.50. The molecule has 0 aliphatic carbocycles. The zero-order valence-corrected chi connectivity index (χ0v) is 12.1. The van der Waals surface area contributed by atoms with Gasteiger partial charge in [0, 0.05) is 23.6 Å². The van der Waals surface area contributed by atoms with Crippen LogP contribution in [0.25, 0.3) is 0 Å². The van der Waals surface area contributed by atoms with Crippen LogP contribution in [0.3, 0.4) is 0 Å². The number of alkyl halides is 3. The predicted octanol–water partition coefficient (Wildman–Crippen LogP) is 3.61. The Morgan fingerprint density at radius 1 is 1.13 bits per heavy atom. The molecule has 1 aliphatic rings. The van der Waals surface area contributed by atoms with E-state index in [1.807, 2.05) is 24.3 Å². The van der Waals surface area contributed by atoms with E-state index in [9.17, 15) is 18.0 Å². The van der Waals surface area contributed by atoms with Crippen LogP contribution in [0.5, 0.6) is 5.75 Å². The summed E-state index contributed by atoms with van der Waals surface area (Å²) in [5.74, 6) is 0.453. The van der Waals surface area contributed by atoms with Crippen molar-refractivity contribution in [2.75, 3.05) is 13.2 Å². The Kier molecular flexibility index (Phi) is 3.98. The molecule has 0 fully saturated rings. The Morgan fingerprint density at radius 2 is 1.83 bits per heavy atom. The lowest BCUT2D eigenvalue weighted by atomic mass is 10.0. The predicted molar refractivity (Wildman–Crippen MR) is 78.5 cm³/mol. The van der Waals surface area contributed by atoms with E-state index >= 15 is 0 Å². The fourth-order valence-corrected chi connectivity index (χ4v) is 2.53. The highest BCUT2D eigenvalue weighted by Gasteiger charge is 2.30. The second-order valence-corrected chi connectivity index (χ2v) is 5.33. The van der Waals surface area contributed by atoms with Gasteiger partial charge < -0.3 is 10.1 Å². The second-order valence-electron chi connectivity index (χ2n) is 5.33. The van der Waals surface area contributed by atoms with Crippen molar-refractivity contribution in [3.8, 4) is 5.75 Å². The second kappa shape index (κ2) is 5.95. The minimum Gasteiger partial charge on any atom is -0.493 e. The van der Waals surface area contributed by atoms with Gasteiger partial charge in [-0.3, -0.25) is 4.79 Å². The molecule has 0 spiro atoms. The molecule has 1 atom stereocenters. The van der Waals surface area contributed by atoms with Crippen LogP contribution in [0.4, 0.5) is 13.2 Å². The number of amides is 1. The summed E-state index contributed by atoms with van der Waals surface area (Å²) in [4.78, 5) is 12.0. The summed E-state index contributed by atoms with van der Waals surface area (Å²) in [6, 6.07) is 11.8. The average Bonchev–Trinajstić information content (AvgIpc) is 2.95. The smallest absolute Gasteiger partial charge is 0.416 e. The summed E-state index contributed by atoms with van der Waals surface area (Å²) < 4.78 is 43.0. The molecule has 0 saturated heterocycles. The summed E-state index contributed by atoms with van der Waals surface area (Å²) in [5.41, 5.74) is 0.456. The van der Waals surface area contributed by atoms with E-state index in [2.05, 4.69) is 5.32 Å². The molecule has 23 heavy (non-hydrogen) atoms. The number of halogens is 3. The molecule has 1 heterocycles. The Morgan fingerprint density at radius 3 is 2.52 bits per heavy atom. The third-order valence-corrected chi connectivity index (χ3v) is 3.78. The van der Waals surface area contributed by atoms with Gasteiger partial charge in [0.25, 0.3) is 5.91 Å². The first-order valence-electron chi connectivity index (χ1n) is 7.12. The van der Waals surface area contributed by atoms with Gasteiger partial charge >= 0.3 is 6.18 Å². The molecule has 1 N–H and O–H groups in total. The first kappa shape index (κ1) is 15.4. The number of ether oxygens (including phenoxy) is 1. The highest BCUT2D eigenvalue weighted by molar-refractivity contribution is 5.94. The largest absolute Gasteiger partial charge is 0.493 e. The first-order valence-corrected chi connectivity index (χ1v) is 7.12. The Balaban J connectivity index is 1.62. The van der Waals surface area contributed by atoms with Crippen molar-refractivity contribution in [3.05, 3.63) is 65.2 Å². The van der Waals surface area contributed by atoms with Gasteiger partial charge in [-0.25, -0.2) is 0 Å². The topological polar surface area (TPSA) is 38.3 Å². The van der Waals surface area contributed by atoms with Crippen LogP contribution in [-0.4, -0.2) is 19.1 Å². The molecular formula is C17H14F3NO2. The van der Waals surface area contributed by atoms with Gasteiger partial charge in [-0.15, -0.1) is 0 Å². The summed E-state index contributed by atoms with van der Waals surface area (Å²) in [5, 5.41) is 2.74. The van der Waals surface area contributed by atoms with Crippen molar-refractivity contribution in [1.82, 2.24) is 5.32 Å². The lowest BCUT2D eigenvalue weighted by molar-refractivity contribution is -0.137. The number of hydrogen-bond donors (Lipinski definition) is 1. The minimum absolute atomic E-state index is 0.0459. The molecule has 1 aliphatic heterocycles. The van der Waals surface area contributed by atoms with Crippen LogP contribution >= 0.6 is 0 Å². The Labute approximate surface area is 131 Å². The molecule has 3 nitrogen and oxygen atoms in total. The van der Waals surface area contributed by atoms with Crippen LogP contribution in [0, 0.1) is 0 Å². The number of para-hydroxylation sites is 1. The van der Waals surface area contributed by atoms with Crippen molar-refractivity contribution in [1.29, 1.82) is 0 Å². The average molecular weight is 321 g/mol. The van der Waals surface area contributed by atoms with Gasteiger partial charge in [0.2, 0.25) is 0 Å². The summed E-state index contributed by atoms with van der Waals surface area (Å²) >= 11 is 0. The number of fused-ring (bicyclic) bond motifs is 1. The summed E-state index contributed by atoms with van der Waals surface area (Å²) in [6.07, 6.45) is -4.40. The summed E-state index contributed by atoms with van der Waals surface area (Å²) in [7, 11) is 0. The monoisotopic (exact) mass is 321 g/mol. The van der Waals surface area contributed by atoms with Crippen molar-refractivity contribution in [2.45, 2.75) is 12.1 Å². The maximum atomic E-state index is 12.5. The third-order valence-electron chi connectivity index (χ3n) is 3.78. The molecule has 0 radical (unpaired) electrons. The molecule has 0 bridgehead atoms. The van der Waals surface area contributed by atoms with Crippen molar-refractivity contribution in [2.24, 2.45) is 0 Å². The van der Waals surface area contributed by atoms with Gasteiger partial charge in [-0.05, 0) is 30.3 Å². The van der Waals surface area contributed by atoms with Crippen LogP contribution < -0.4 is 10.1 Å². The number of carbonyl (C=O) groups is 1. The van der Waals surface area contributed by atoms with E-state index in [1.165, 1.54) is 12.1 Å². The molecule has 3 rings (SSSR count). The van der Waals surface area contributed by atoms with Gasteiger partial charge in [-0.1, -0.05) is 18.2 Å². The van der Waals surface area contributed by atoms with Gasteiger partial charge in [0.15, 0.2) is 0 Å². The number of nitrogens with one attached hydrogen (secondary N) is 1. The maximum absolute atomic E-state index is 12.5. The number of hydrogen-bond acceptors (Lipinski definition) is 2. The van der Waals surface area contributed by atoms with Crippen LogP contribution in [0.15, 0.2) is 48.5 Å². The lowest BCUT2D eigenvalue weighted by Gasteiger charge is -2.11. The lowest BCUT2D eigenvalue weighted by Crippen LogP contribution is -2.29. The first-order chi connectivity index (χ1) is 10.9. The fraction of sp³-hybridized carbons (Fsp3) is 0.235. The summed E-state index contributed by atoms with van der Waals surface area (Å²) in [6.45, 7) is 0.851. The van der Waals surface area contributed by atoms with Crippen LogP contribution in [0.2, 0.25) is 0 Å². The normalized spacial score (nSPS) is 16.6. The number of carbonyl (C=O) groups excluding carboxylic acids is 1. The standard InChI is InChI=1S/C17H14F3NO2/c18-17(19,20)13-7-5-11(6-8-13)16(22)21-9-12-10-23-15-4-2-1-3-14(12)15/h1-8,12H,9-10H2,(H,21,22). The van der Waals surface area contributed by atoms with Gasteiger partial charge in [0.05, 0.1) is 12.2 Å². The number of rotatable bonds is 3. The Bertz CT molecular complexity index is 711. The minimum atomic E-state index is -4.40. The molecule has 2 aromatic carbocycles. The molecule has 0 saturated carbocycles. The van der Waals surface area contributed by atoms with Crippen LogP contribution in [0.1, 0.15) is 27.4 Å². The molecule has 1 unspecified atom stereocenters. The molecular weight excluding hydrogens is 307 g/mol. The van der Waals surface area contributed by atoms with Gasteiger partial charge in [0.1, 0.15) is 5.75 Å². The highest BCUT2D eigenvalue weighted by Crippen LogP contribution is 2.33. The van der Waals surface area contributed by atoms with E-state index in [0.717, 1.165) is 23.4 Å². The van der Waals surface area contributed by atoms with E-state index in [-0.39, 0.29) is 11.5 Å². The fourth-order valence-electron chi connectivity index (χ4n) is 2.53. The SMILES string of the molecule is O=C(NCC1COc2ccccc21)c1ccc(C(F)(F)F)cc1. The van der Waals surface area contributed by atoms with Crippen molar-refractivity contribution in [3.63, 3.8) is 0 Å². The highest BCUT2D eigenvalue weighted by atomic mass is 19.4. The van der Waals surface area contributed by atoms with Crippen LogP contribution in [-0.2, 0) is 6.18 Å². The molecule has 2 aromatic rings. The molecule has 0 aromatic heterocycles. The molecule has 6 heteroatoms. The van der Waals surface area contributed by atoms with E-state index in [4.69, 9.17) is 4.74 Å². The van der Waals surface area contributed by atoms with E-state index in [0.29, 0.717) is 13.2 Å².